The highest BCUT2D eigenvalue weighted by atomic mass is 32.2. The SMILES string of the molecule is Cc1ccc2nc(Nc3cccc(C4CCN(S(C)(=O)=O)CC4)c3)ncc2c1. The predicted molar refractivity (Wildman–Crippen MR) is 112 cm³/mol. The van der Waals surface area contributed by atoms with Gasteiger partial charge in [-0.25, -0.2) is 22.7 Å². The van der Waals surface area contributed by atoms with E-state index in [1.165, 1.54) is 17.4 Å². The Morgan fingerprint density at radius 3 is 2.64 bits per heavy atom. The minimum atomic E-state index is -3.10. The molecule has 1 N–H and O–H groups in total. The van der Waals surface area contributed by atoms with Crippen LogP contribution in [0.5, 0.6) is 0 Å². The van der Waals surface area contributed by atoms with E-state index < -0.39 is 10.0 Å². The topological polar surface area (TPSA) is 75.2 Å². The molecule has 2 aromatic carbocycles. The summed E-state index contributed by atoms with van der Waals surface area (Å²) < 4.78 is 25.0. The first-order chi connectivity index (χ1) is 13.4. The fourth-order valence-corrected chi connectivity index (χ4v) is 4.61. The number of piperidine rings is 1. The van der Waals surface area contributed by atoms with Gasteiger partial charge in [0.05, 0.1) is 11.8 Å². The number of hydrogen-bond acceptors (Lipinski definition) is 5. The number of benzene rings is 2. The Labute approximate surface area is 165 Å². The minimum absolute atomic E-state index is 0.361. The molecular formula is C21H24N4O2S. The lowest BCUT2D eigenvalue weighted by atomic mass is 9.90. The summed E-state index contributed by atoms with van der Waals surface area (Å²) in [7, 11) is -3.10. The molecule has 0 bridgehead atoms. The van der Waals surface area contributed by atoms with Crippen molar-refractivity contribution in [1.29, 1.82) is 0 Å². The van der Waals surface area contributed by atoms with E-state index in [9.17, 15) is 8.42 Å². The van der Waals surface area contributed by atoms with Crippen LogP contribution in [0.3, 0.4) is 0 Å². The lowest BCUT2D eigenvalue weighted by molar-refractivity contribution is 0.321. The van der Waals surface area contributed by atoms with Crippen molar-refractivity contribution in [3.05, 3.63) is 59.8 Å². The van der Waals surface area contributed by atoms with E-state index in [4.69, 9.17) is 0 Å². The van der Waals surface area contributed by atoms with Gasteiger partial charge in [-0.05, 0) is 55.5 Å². The molecule has 146 valence electrons. The van der Waals surface area contributed by atoms with Crippen molar-refractivity contribution in [2.45, 2.75) is 25.7 Å². The molecule has 0 amide bonds. The molecule has 0 spiro atoms. The molecule has 2 heterocycles. The summed E-state index contributed by atoms with van der Waals surface area (Å²) in [6.07, 6.45) is 4.79. The highest BCUT2D eigenvalue weighted by Crippen LogP contribution is 2.30. The zero-order valence-electron chi connectivity index (χ0n) is 16.1. The molecule has 0 unspecified atom stereocenters. The highest BCUT2D eigenvalue weighted by molar-refractivity contribution is 7.88. The van der Waals surface area contributed by atoms with Crippen LogP contribution in [0.4, 0.5) is 11.6 Å². The second-order valence-electron chi connectivity index (χ2n) is 7.44. The Balaban J connectivity index is 1.49. The van der Waals surface area contributed by atoms with Gasteiger partial charge >= 0.3 is 0 Å². The van der Waals surface area contributed by atoms with Crippen LogP contribution >= 0.6 is 0 Å². The lowest BCUT2D eigenvalue weighted by Gasteiger charge is -2.30. The molecule has 1 aliphatic heterocycles. The highest BCUT2D eigenvalue weighted by Gasteiger charge is 2.25. The molecule has 0 radical (unpaired) electrons. The van der Waals surface area contributed by atoms with E-state index in [0.717, 1.165) is 29.4 Å². The maximum atomic E-state index is 11.7. The minimum Gasteiger partial charge on any atom is -0.324 e. The Hall–Kier alpha value is -2.51. The zero-order valence-corrected chi connectivity index (χ0v) is 16.9. The maximum Gasteiger partial charge on any atom is 0.227 e. The number of fused-ring (bicyclic) bond motifs is 1. The fourth-order valence-electron chi connectivity index (χ4n) is 3.73. The zero-order chi connectivity index (χ0) is 19.7. The van der Waals surface area contributed by atoms with Crippen LogP contribution in [0, 0.1) is 6.92 Å². The van der Waals surface area contributed by atoms with Gasteiger partial charge in [0.15, 0.2) is 0 Å². The standard InChI is InChI=1S/C21H24N4O2S/c1-15-6-7-20-18(12-15)14-22-21(24-20)23-19-5-3-4-17(13-19)16-8-10-25(11-9-16)28(2,26)27/h3-7,12-14,16H,8-11H2,1-2H3,(H,22,23,24). The summed E-state index contributed by atoms with van der Waals surface area (Å²) in [5.74, 6) is 0.931. The molecule has 1 aromatic heterocycles. The third-order valence-corrected chi connectivity index (χ3v) is 6.58. The first kappa shape index (κ1) is 18.8. The van der Waals surface area contributed by atoms with Crippen LogP contribution in [0.25, 0.3) is 10.9 Å². The third kappa shape index (κ3) is 4.15. The normalized spacial score (nSPS) is 16.4. The monoisotopic (exact) mass is 396 g/mol. The second kappa shape index (κ2) is 7.48. The fraction of sp³-hybridized carbons (Fsp3) is 0.333. The molecule has 0 saturated carbocycles. The summed E-state index contributed by atoms with van der Waals surface area (Å²) in [4.78, 5) is 9.02. The van der Waals surface area contributed by atoms with E-state index in [2.05, 4.69) is 40.4 Å². The van der Waals surface area contributed by atoms with Gasteiger partial charge in [0.25, 0.3) is 0 Å². The maximum absolute atomic E-state index is 11.7. The largest absolute Gasteiger partial charge is 0.324 e. The van der Waals surface area contributed by atoms with Gasteiger partial charge in [-0.15, -0.1) is 0 Å². The summed E-state index contributed by atoms with van der Waals surface area (Å²) in [5.41, 5.74) is 4.25. The van der Waals surface area contributed by atoms with E-state index in [-0.39, 0.29) is 0 Å². The first-order valence-corrected chi connectivity index (χ1v) is 11.3. The summed E-state index contributed by atoms with van der Waals surface area (Å²) >= 11 is 0. The molecule has 0 aliphatic carbocycles. The molecule has 3 aromatic rings. The van der Waals surface area contributed by atoms with Gasteiger partial charge in [-0.3, -0.25) is 0 Å². The predicted octanol–water partition coefficient (Wildman–Crippen LogP) is 3.82. The van der Waals surface area contributed by atoms with Crippen LogP contribution in [-0.4, -0.2) is 42.0 Å². The number of rotatable bonds is 4. The van der Waals surface area contributed by atoms with Crippen molar-refractivity contribution in [3.8, 4) is 0 Å². The van der Waals surface area contributed by atoms with Crippen molar-refractivity contribution < 1.29 is 8.42 Å². The third-order valence-electron chi connectivity index (χ3n) is 5.27. The van der Waals surface area contributed by atoms with E-state index in [1.807, 2.05) is 30.5 Å². The van der Waals surface area contributed by atoms with Gasteiger partial charge in [-0.2, -0.15) is 0 Å². The Morgan fingerprint density at radius 2 is 1.89 bits per heavy atom. The van der Waals surface area contributed by atoms with Crippen molar-refractivity contribution in [2.24, 2.45) is 0 Å². The Morgan fingerprint density at radius 1 is 1.11 bits per heavy atom. The molecule has 0 atom stereocenters. The number of nitrogens with zero attached hydrogens (tertiary/aromatic N) is 3. The molecule has 1 aliphatic rings. The number of hydrogen-bond donors (Lipinski definition) is 1. The van der Waals surface area contributed by atoms with Crippen molar-refractivity contribution in [3.63, 3.8) is 0 Å². The van der Waals surface area contributed by atoms with Crippen LogP contribution in [-0.2, 0) is 10.0 Å². The quantitative estimate of drug-likeness (QED) is 0.726. The van der Waals surface area contributed by atoms with Crippen molar-refractivity contribution in [2.75, 3.05) is 24.7 Å². The molecule has 6 nitrogen and oxygen atoms in total. The van der Waals surface area contributed by atoms with Gasteiger partial charge in [-0.1, -0.05) is 23.8 Å². The molecule has 4 rings (SSSR count). The van der Waals surface area contributed by atoms with Gasteiger partial charge in [0, 0.05) is 30.4 Å². The van der Waals surface area contributed by atoms with Gasteiger partial charge in [0.2, 0.25) is 16.0 Å². The number of sulfonamides is 1. The molecule has 1 saturated heterocycles. The first-order valence-electron chi connectivity index (χ1n) is 9.44. The van der Waals surface area contributed by atoms with Crippen LogP contribution in [0.15, 0.2) is 48.7 Å². The summed E-state index contributed by atoms with van der Waals surface area (Å²) in [6, 6.07) is 14.4. The smallest absolute Gasteiger partial charge is 0.227 e. The van der Waals surface area contributed by atoms with Gasteiger partial charge in [0.1, 0.15) is 0 Å². The van der Waals surface area contributed by atoms with E-state index in [0.29, 0.717) is 25.0 Å². The van der Waals surface area contributed by atoms with Crippen LogP contribution in [0.1, 0.15) is 29.9 Å². The number of aromatic nitrogens is 2. The average molecular weight is 397 g/mol. The number of aryl methyl sites for hydroxylation is 1. The molecule has 1 fully saturated rings. The van der Waals surface area contributed by atoms with Crippen molar-refractivity contribution in [1.82, 2.24) is 14.3 Å². The molecule has 28 heavy (non-hydrogen) atoms. The summed E-state index contributed by atoms with van der Waals surface area (Å²) in [6.45, 7) is 3.21. The Bertz CT molecular complexity index is 1110. The average Bonchev–Trinajstić information content (AvgIpc) is 2.68. The molecular weight excluding hydrogens is 372 g/mol. The second-order valence-corrected chi connectivity index (χ2v) is 9.43. The Kier molecular flexibility index (Phi) is 5.03. The van der Waals surface area contributed by atoms with E-state index >= 15 is 0 Å². The van der Waals surface area contributed by atoms with Crippen LogP contribution in [0.2, 0.25) is 0 Å². The summed E-state index contributed by atoms with van der Waals surface area (Å²) in [5, 5.41) is 4.32. The number of anilines is 2. The van der Waals surface area contributed by atoms with Crippen LogP contribution < -0.4 is 5.32 Å². The lowest BCUT2D eigenvalue weighted by Crippen LogP contribution is -2.37. The van der Waals surface area contributed by atoms with Crippen molar-refractivity contribution >= 4 is 32.6 Å². The molecule has 7 heteroatoms. The van der Waals surface area contributed by atoms with E-state index in [1.54, 1.807) is 4.31 Å². The van der Waals surface area contributed by atoms with Gasteiger partial charge < -0.3 is 5.32 Å². The number of nitrogens with one attached hydrogen (secondary N) is 1.